The summed E-state index contributed by atoms with van der Waals surface area (Å²) in [6.07, 6.45) is 1.62. The van der Waals surface area contributed by atoms with Crippen LogP contribution in [-0.2, 0) is 6.54 Å². The highest BCUT2D eigenvalue weighted by molar-refractivity contribution is 5.75. The quantitative estimate of drug-likeness (QED) is 0.576. The summed E-state index contributed by atoms with van der Waals surface area (Å²) in [4.78, 5) is 21.8. The minimum atomic E-state index is -0.305. The van der Waals surface area contributed by atoms with E-state index < -0.39 is 0 Å². The molecule has 0 fully saturated rings. The monoisotopic (exact) mass is 331 g/mol. The fourth-order valence-electron chi connectivity index (χ4n) is 2.78. The predicted octanol–water partition coefficient (Wildman–Crippen LogP) is 3.65. The molecular formula is C20H14FN3O. The van der Waals surface area contributed by atoms with Crippen molar-refractivity contribution in [2.24, 2.45) is 0 Å². The summed E-state index contributed by atoms with van der Waals surface area (Å²) >= 11 is 0. The van der Waals surface area contributed by atoms with Crippen molar-refractivity contribution in [3.63, 3.8) is 0 Å². The Morgan fingerprint density at radius 2 is 1.68 bits per heavy atom. The highest BCUT2D eigenvalue weighted by atomic mass is 19.1. The van der Waals surface area contributed by atoms with E-state index in [9.17, 15) is 9.18 Å². The Morgan fingerprint density at radius 3 is 2.44 bits per heavy atom. The Balaban J connectivity index is 1.95. The number of hydrogen-bond donors (Lipinski definition) is 0. The van der Waals surface area contributed by atoms with Crippen LogP contribution in [0.4, 0.5) is 4.39 Å². The van der Waals surface area contributed by atoms with Crippen molar-refractivity contribution < 1.29 is 4.39 Å². The fourth-order valence-corrected chi connectivity index (χ4v) is 2.78. The molecule has 2 heterocycles. The van der Waals surface area contributed by atoms with Crippen LogP contribution in [-0.4, -0.2) is 14.5 Å². The first-order valence-electron chi connectivity index (χ1n) is 7.88. The minimum Gasteiger partial charge on any atom is -0.288 e. The van der Waals surface area contributed by atoms with Crippen LogP contribution in [0.3, 0.4) is 0 Å². The van der Waals surface area contributed by atoms with Crippen molar-refractivity contribution in [2.75, 3.05) is 0 Å². The number of hydrogen-bond acceptors (Lipinski definition) is 3. The Labute approximate surface area is 143 Å². The van der Waals surface area contributed by atoms with Crippen molar-refractivity contribution in [2.45, 2.75) is 6.54 Å². The van der Waals surface area contributed by atoms with Gasteiger partial charge in [-0.15, -0.1) is 0 Å². The highest BCUT2D eigenvalue weighted by Crippen LogP contribution is 2.19. The van der Waals surface area contributed by atoms with Crippen LogP contribution < -0.4 is 5.56 Å². The van der Waals surface area contributed by atoms with Crippen LogP contribution in [0.1, 0.15) is 5.56 Å². The molecule has 0 aliphatic heterocycles. The summed E-state index contributed by atoms with van der Waals surface area (Å²) in [7, 11) is 0. The Morgan fingerprint density at radius 1 is 0.920 bits per heavy atom. The Bertz CT molecular complexity index is 1090. The molecule has 0 aliphatic carbocycles. The molecule has 0 unspecified atom stereocenters. The molecule has 5 heteroatoms. The lowest BCUT2D eigenvalue weighted by atomic mass is 10.1. The second-order valence-corrected chi connectivity index (χ2v) is 5.69. The normalized spacial score (nSPS) is 10.9. The van der Waals surface area contributed by atoms with E-state index in [1.165, 1.54) is 12.1 Å². The fraction of sp³-hybridized carbons (Fsp3) is 0.0500. The SMILES string of the molecule is O=c1c2cccnc2nc(-c2ccccc2)n1Cc1ccc(F)cc1. The molecule has 0 atom stereocenters. The standard InChI is InChI=1S/C20H14FN3O/c21-16-10-8-14(9-11-16)13-24-19(15-5-2-1-3-6-15)23-18-17(20(24)25)7-4-12-22-18/h1-12H,13H2. The van der Waals surface area contributed by atoms with Gasteiger partial charge in [0, 0.05) is 11.8 Å². The molecule has 0 saturated heterocycles. The molecule has 0 N–H and O–H groups in total. The molecule has 122 valence electrons. The van der Waals surface area contributed by atoms with Gasteiger partial charge < -0.3 is 0 Å². The van der Waals surface area contributed by atoms with E-state index in [0.717, 1.165) is 11.1 Å². The first kappa shape index (κ1) is 15.2. The number of nitrogens with zero attached hydrogens (tertiary/aromatic N) is 3. The third-order valence-corrected chi connectivity index (χ3v) is 4.02. The lowest BCUT2D eigenvalue weighted by Gasteiger charge is -2.13. The third-order valence-electron chi connectivity index (χ3n) is 4.02. The van der Waals surface area contributed by atoms with Crippen LogP contribution in [0.15, 0.2) is 77.7 Å². The maximum atomic E-state index is 13.2. The average molecular weight is 331 g/mol. The van der Waals surface area contributed by atoms with E-state index in [1.807, 2.05) is 30.3 Å². The maximum absolute atomic E-state index is 13.2. The largest absolute Gasteiger partial charge is 0.288 e. The molecule has 0 spiro atoms. The summed E-state index contributed by atoms with van der Waals surface area (Å²) in [5.74, 6) is 0.237. The van der Waals surface area contributed by atoms with Crippen molar-refractivity contribution >= 4 is 11.0 Å². The average Bonchev–Trinajstić information content (AvgIpc) is 2.66. The van der Waals surface area contributed by atoms with Gasteiger partial charge in [-0.05, 0) is 29.8 Å². The number of rotatable bonds is 3. The lowest BCUT2D eigenvalue weighted by molar-refractivity contribution is 0.626. The molecule has 0 saturated carbocycles. The van der Waals surface area contributed by atoms with E-state index in [4.69, 9.17) is 0 Å². The van der Waals surface area contributed by atoms with E-state index >= 15 is 0 Å². The smallest absolute Gasteiger partial charge is 0.263 e. The van der Waals surface area contributed by atoms with Gasteiger partial charge in [0.25, 0.3) is 5.56 Å². The van der Waals surface area contributed by atoms with Crippen LogP contribution in [0.2, 0.25) is 0 Å². The second kappa shape index (κ2) is 6.28. The molecule has 25 heavy (non-hydrogen) atoms. The second-order valence-electron chi connectivity index (χ2n) is 5.69. The minimum absolute atomic E-state index is 0.165. The molecule has 0 radical (unpaired) electrons. The molecule has 4 aromatic rings. The van der Waals surface area contributed by atoms with Gasteiger partial charge >= 0.3 is 0 Å². The van der Waals surface area contributed by atoms with Crippen LogP contribution in [0.5, 0.6) is 0 Å². The molecule has 0 bridgehead atoms. The van der Waals surface area contributed by atoms with Gasteiger partial charge in [0.05, 0.1) is 11.9 Å². The van der Waals surface area contributed by atoms with E-state index in [-0.39, 0.29) is 11.4 Å². The van der Waals surface area contributed by atoms with Gasteiger partial charge in [0.15, 0.2) is 5.65 Å². The molecule has 2 aromatic heterocycles. The predicted molar refractivity (Wildman–Crippen MR) is 94.7 cm³/mol. The number of fused-ring (bicyclic) bond motifs is 1. The van der Waals surface area contributed by atoms with E-state index in [0.29, 0.717) is 23.4 Å². The number of benzene rings is 2. The molecule has 0 amide bonds. The molecule has 4 rings (SSSR count). The topological polar surface area (TPSA) is 47.8 Å². The van der Waals surface area contributed by atoms with Gasteiger partial charge in [-0.25, -0.2) is 14.4 Å². The summed E-state index contributed by atoms with van der Waals surface area (Å²) in [6.45, 7) is 0.307. The van der Waals surface area contributed by atoms with Gasteiger partial charge in [0.2, 0.25) is 0 Å². The van der Waals surface area contributed by atoms with Crippen molar-refractivity contribution in [3.05, 3.63) is 94.7 Å². The molecule has 0 aliphatic rings. The summed E-state index contributed by atoms with van der Waals surface area (Å²) in [5.41, 5.74) is 1.91. The summed E-state index contributed by atoms with van der Waals surface area (Å²) in [5, 5.41) is 0.462. The highest BCUT2D eigenvalue weighted by Gasteiger charge is 2.13. The Hall–Kier alpha value is -3.34. The van der Waals surface area contributed by atoms with Gasteiger partial charge in [-0.1, -0.05) is 42.5 Å². The Kier molecular flexibility index (Phi) is 3.82. The molecule has 4 nitrogen and oxygen atoms in total. The first-order chi connectivity index (χ1) is 12.2. The summed E-state index contributed by atoms with van der Waals surface area (Å²) in [6, 6.07) is 19.0. The number of aromatic nitrogens is 3. The van der Waals surface area contributed by atoms with Crippen molar-refractivity contribution in [1.82, 2.24) is 14.5 Å². The zero-order valence-corrected chi connectivity index (χ0v) is 13.3. The van der Waals surface area contributed by atoms with Crippen LogP contribution >= 0.6 is 0 Å². The zero-order valence-electron chi connectivity index (χ0n) is 13.3. The van der Waals surface area contributed by atoms with Gasteiger partial charge in [-0.2, -0.15) is 0 Å². The zero-order chi connectivity index (χ0) is 17.2. The third kappa shape index (κ3) is 2.92. The molecular weight excluding hydrogens is 317 g/mol. The molecule has 2 aromatic carbocycles. The van der Waals surface area contributed by atoms with Gasteiger partial charge in [-0.3, -0.25) is 9.36 Å². The number of pyridine rings is 1. The summed E-state index contributed by atoms with van der Waals surface area (Å²) < 4.78 is 14.8. The first-order valence-corrected chi connectivity index (χ1v) is 7.88. The van der Waals surface area contributed by atoms with Crippen LogP contribution in [0, 0.1) is 5.82 Å². The maximum Gasteiger partial charge on any atom is 0.263 e. The van der Waals surface area contributed by atoms with Crippen molar-refractivity contribution in [1.29, 1.82) is 0 Å². The number of halogens is 1. The lowest BCUT2D eigenvalue weighted by Crippen LogP contribution is -2.24. The van der Waals surface area contributed by atoms with Crippen LogP contribution in [0.25, 0.3) is 22.4 Å². The van der Waals surface area contributed by atoms with E-state index in [1.54, 1.807) is 35.0 Å². The van der Waals surface area contributed by atoms with Gasteiger partial charge in [0.1, 0.15) is 11.6 Å². The van der Waals surface area contributed by atoms with E-state index in [2.05, 4.69) is 9.97 Å². The van der Waals surface area contributed by atoms with Crippen molar-refractivity contribution in [3.8, 4) is 11.4 Å².